The van der Waals surface area contributed by atoms with E-state index in [0.29, 0.717) is 19.0 Å². The summed E-state index contributed by atoms with van der Waals surface area (Å²) in [5, 5.41) is 11.3. The van der Waals surface area contributed by atoms with E-state index in [1.54, 1.807) is 6.07 Å². The third-order valence-electron chi connectivity index (χ3n) is 4.57. The second-order valence-corrected chi connectivity index (χ2v) is 6.63. The lowest BCUT2D eigenvalue weighted by molar-refractivity contribution is -0.122. The molecule has 1 atom stereocenters. The van der Waals surface area contributed by atoms with E-state index < -0.39 is 0 Å². The first kappa shape index (κ1) is 19.5. The Labute approximate surface area is 165 Å². The van der Waals surface area contributed by atoms with Crippen molar-refractivity contribution in [3.8, 4) is 17.1 Å². The third-order valence-corrected chi connectivity index (χ3v) is 4.57. The predicted octanol–water partition coefficient (Wildman–Crippen LogP) is 4.14. The van der Waals surface area contributed by atoms with Crippen molar-refractivity contribution >= 4 is 5.91 Å². The van der Waals surface area contributed by atoms with Gasteiger partial charge < -0.3 is 10.1 Å². The van der Waals surface area contributed by atoms with Gasteiger partial charge in [0.1, 0.15) is 6.61 Å². The molecule has 0 aliphatic carbocycles. The van der Waals surface area contributed by atoms with Crippen molar-refractivity contribution in [2.45, 2.75) is 26.2 Å². The molecule has 0 spiro atoms. The lowest BCUT2D eigenvalue weighted by Gasteiger charge is -2.15. The second-order valence-electron chi connectivity index (χ2n) is 6.63. The van der Waals surface area contributed by atoms with Gasteiger partial charge in [0.2, 0.25) is 11.8 Å². The molecule has 0 radical (unpaired) electrons. The van der Waals surface area contributed by atoms with E-state index in [9.17, 15) is 4.79 Å². The van der Waals surface area contributed by atoms with Gasteiger partial charge in [-0.1, -0.05) is 67.1 Å². The van der Waals surface area contributed by atoms with E-state index in [0.717, 1.165) is 23.2 Å². The van der Waals surface area contributed by atoms with Crippen LogP contribution in [0.2, 0.25) is 0 Å². The van der Waals surface area contributed by atoms with Crippen molar-refractivity contribution < 1.29 is 9.53 Å². The van der Waals surface area contributed by atoms with Crippen LogP contribution in [0.4, 0.5) is 0 Å². The maximum atomic E-state index is 12.4. The molecule has 2 aromatic carbocycles. The Bertz CT molecular complexity index is 878. The minimum absolute atomic E-state index is 0.0121. The zero-order valence-corrected chi connectivity index (χ0v) is 16.3. The third kappa shape index (κ3) is 5.16. The molecule has 5 nitrogen and oxygen atoms in total. The van der Waals surface area contributed by atoms with Crippen LogP contribution >= 0.6 is 0 Å². The number of carbonyl (C=O) groups is 1. The molecule has 1 aromatic heterocycles. The van der Waals surface area contributed by atoms with Crippen molar-refractivity contribution in [3.63, 3.8) is 0 Å². The molecule has 1 heterocycles. The topological polar surface area (TPSA) is 64.1 Å². The van der Waals surface area contributed by atoms with Gasteiger partial charge in [-0.2, -0.15) is 0 Å². The monoisotopic (exact) mass is 375 g/mol. The molecule has 0 unspecified atom stereocenters. The summed E-state index contributed by atoms with van der Waals surface area (Å²) in [5.41, 5.74) is 4.05. The number of hydrogen-bond acceptors (Lipinski definition) is 4. The van der Waals surface area contributed by atoms with Crippen LogP contribution in [0.1, 0.15) is 30.4 Å². The van der Waals surface area contributed by atoms with Gasteiger partial charge in [0, 0.05) is 11.6 Å². The SMILES string of the molecule is CC[C@@H](C(=O)NCCOc1ccc(-c2ccc(C)cc2)nn1)c1ccccc1. The molecule has 0 saturated heterocycles. The number of aromatic nitrogens is 2. The van der Waals surface area contributed by atoms with Crippen LogP contribution in [0, 0.1) is 6.92 Å². The van der Waals surface area contributed by atoms with Crippen LogP contribution in [-0.2, 0) is 4.79 Å². The van der Waals surface area contributed by atoms with Gasteiger partial charge in [-0.15, -0.1) is 10.2 Å². The standard InChI is InChI=1S/C23H25N3O2/c1-3-20(18-7-5-4-6-8-18)23(27)24-15-16-28-22-14-13-21(25-26-22)19-11-9-17(2)10-12-19/h4-14,20H,3,15-16H2,1-2H3,(H,24,27)/t20-/m1/s1. The van der Waals surface area contributed by atoms with Gasteiger partial charge in [-0.25, -0.2) is 0 Å². The largest absolute Gasteiger partial charge is 0.475 e. The van der Waals surface area contributed by atoms with Gasteiger partial charge in [-0.05, 0) is 25.0 Å². The van der Waals surface area contributed by atoms with E-state index in [2.05, 4.69) is 15.5 Å². The molecule has 28 heavy (non-hydrogen) atoms. The Morgan fingerprint density at radius 3 is 2.39 bits per heavy atom. The van der Waals surface area contributed by atoms with Crippen LogP contribution in [0.5, 0.6) is 5.88 Å². The summed E-state index contributed by atoms with van der Waals surface area (Å²) in [5.74, 6) is 0.313. The van der Waals surface area contributed by atoms with Crippen LogP contribution in [0.3, 0.4) is 0 Å². The number of ether oxygens (including phenoxy) is 1. The van der Waals surface area contributed by atoms with Gasteiger partial charge in [0.05, 0.1) is 18.2 Å². The highest BCUT2D eigenvalue weighted by atomic mass is 16.5. The van der Waals surface area contributed by atoms with Crippen LogP contribution in [0.15, 0.2) is 66.7 Å². The molecular formula is C23H25N3O2. The molecule has 0 fully saturated rings. The summed E-state index contributed by atoms with van der Waals surface area (Å²) in [4.78, 5) is 12.4. The maximum Gasteiger partial charge on any atom is 0.233 e. The summed E-state index contributed by atoms with van der Waals surface area (Å²) < 4.78 is 5.60. The Kier molecular flexibility index (Phi) is 6.73. The molecular weight excluding hydrogens is 350 g/mol. The Morgan fingerprint density at radius 1 is 1.00 bits per heavy atom. The first-order valence-electron chi connectivity index (χ1n) is 9.53. The molecule has 0 saturated carbocycles. The normalized spacial score (nSPS) is 11.6. The molecule has 5 heteroatoms. The van der Waals surface area contributed by atoms with E-state index in [1.165, 1.54) is 5.56 Å². The fourth-order valence-corrected chi connectivity index (χ4v) is 2.99. The highest BCUT2D eigenvalue weighted by molar-refractivity contribution is 5.83. The lowest BCUT2D eigenvalue weighted by Crippen LogP contribution is -2.32. The molecule has 3 rings (SSSR count). The highest BCUT2D eigenvalue weighted by Gasteiger charge is 2.17. The van der Waals surface area contributed by atoms with Gasteiger partial charge in [0.15, 0.2) is 0 Å². The summed E-state index contributed by atoms with van der Waals surface area (Å²) in [7, 11) is 0. The Morgan fingerprint density at radius 2 is 1.75 bits per heavy atom. The van der Waals surface area contributed by atoms with Crippen molar-refractivity contribution in [1.29, 1.82) is 0 Å². The Hall–Kier alpha value is -3.21. The van der Waals surface area contributed by atoms with Crippen LogP contribution < -0.4 is 10.1 Å². The van der Waals surface area contributed by atoms with E-state index in [-0.39, 0.29) is 11.8 Å². The number of amides is 1. The van der Waals surface area contributed by atoms with Gasteiger partial charge in [-0.3, -0.25) is 4.79 Å². The number of nitrogens with one attached hydrogen (secondary N) is 1. The van der Waals surface area contributed by atoms with Crippen molar-refractivity contribution in [2.24, 2.45) is 0 Å². The average Bonchev–Trinajstić information content (AvgIpc) is 2.74. The van der Waals surface area contributed by atoms with E-state index in [1.807, 2.05) is 74.5 Å². The number of hydrogen-bond donors (Lipinski definition) is 1. The number of aryl methyl sites for hydroxylation is 1. The van der Waals surface area contributed by atoms with E-state index in [4.69, 9.17) is 4.74 Å². The first-order valence-corrected chi connectivity index (χ1v) is 9.53. The predicted molar refractivity (Wildman–Crippen MR) is 110 cm³/mol. The minimum atomic E-state index is -0.144. The van der Waals surface area contributed by atoms with Gasteiger partial charge >= 0.3 is 0 Å². The first-order chi connectivity index (χ1) is 13.7. The number of carbonyl (C=O) groups excluding carboxylic acids is 1. The molecule has 1 amide bonds. The fourth-order valence-electron chi connectivity index (χ4n) is 2.99. The van der Waals surface area contributed by atoms with Crippen molar-refractivity contribution in [1.82, 2.24) is 15.5 Å². The molecule has 0 aliphatic heterocycles. The number of benzene rings is 2. The Balaban J connectivity index is 1.47. The number of nitrogens with zero attached hydrogens (tertiary/aromatic N) is 2. The van der Waals surface area contributed by atoms with Crippen molar-refractivity contribution in [3.05, 3.63) is 77.9 Å². The molecule has 0 bridgehead atoms. The molecule has 3 aromatic rings. The maximum absolute atomic E-state index is 12.4. The second kappa shape index (κ2) is 9.65. The summed E-state index contributed by atoms with van der Waals surface area (Å²) in [6.45, 7) is 4.83. The minimum Gasteiger partial charge on any atom is -0.475 e. The average molecular weight is 375 g/mol. The van der Waals surface area contributed by atoms with Crippen molar-refractivity contribution in [2.75, 3.05) is 13.2 Å². The zero-order chi connectivity index (χ0) is 19.8. The highest BCUT2D eigenvalue weighted by Crippen LogP contribution is 2.19. The summed E-state index contributed by atoms with van der Waals surface area (Å²) >= 11 is 0. The zero-order valence-electron chi connectivity index (χ0n) is 16.3. The smallest absolute Gasteiger partial charge is 0.233 e. The molecule has 0 aliphatic rings. The quantitative estimate of drug-likeness (QED) is 0.601. The van der Waals surface area contributed by atoms with Gasteiger partial charge in [0.25, 0.3) is 0 Å². The number of rotatable bonds is 8. The van der Waals surface area contributed by atoms with Crippen LogP contribution in [0.25, 0.3) is 11.3 Å². The van der Waals surface area contributed by atoms with E-state index >= 15 is 0 Å². The summed E-state index contributed by atoms with van der Waals surface area (Å²) in [6, 6.07) is 21.6. The molecule has 144 valence electrons. The lowest BCUT2D eigenvalue weighted by atomic mass is 9.96. The molecule has 1 N–H and O–H groups in total. The fraction of sp³-hybridized carbons (Fsp3) is 0.261. The van der Waals surface area contributed by atoms with Crippen LogP contribution in [-0.4, -0.2) is 29.3 Å². The summed E-state index contributed by atoms with van der Waals surface area (Å²) in [6.07, 6.45) is 0.753.